The molecule has 0 spiro atoms. The lowest BCUT2D eigenvalue weighted by Crippen LogP contribution is -2.12. The highest BCUT2D eigenvalue weighted by atomic mass is 79.9. The fourth-order valence-corrected chi connectivity index (χ4v) is 3.26. The van der Waals surface area contributed by atoms with Crippen molar-refractivity contribution in [1.29, 1.82) is 0 Å². The van der Waals surface area contributed by atoms with E-state index in [1.54, 1.807) is 11.3 Å². The number of benzene rings is 1. The van der Waals surface area contributed by atoms with Crippen molar-refractivity contribution in [3.8, 4) is 0 Å². The summed E-state index contributed by atoms with van der Waals surface area (Å²) in [5.41, 5.74) is 9.89. The molecule has 0 saturated carbocycles. The predicted molar refractivity (Wildman–Crippen MR) is 74.0 cm³/mol. The number of hydrogen-bond donors (Lipinski definition) is 1. The quantitative estimate of drug-likeness (QED) is 0.884. The molecule has 1 unspecified atom stereocenters. The zero-order chi connectivity index (χ0) is 11.7. The number of aryl methyl sites for hydroxylation is 2. The minimum absolute atomic E-state index is 0.0405. The second kappa shape index (κ2) is 4.70. The first-order chi connectivity index (χ1) is 7.59. The van der Waals surface area contributed by atoms with Crippen LogP contribution in [-0.2, 0) is 0 Å². The summed E-state index contributed by atoms with van der Waals surface area (Å²) in [6.45, 7) is 4.19. The molecular weight excluding hydrogens is 282 g/mol. The molecule has 1 heterocycles. The lowest BCUT2D eigenvalue weighted by molar-refractivity contribution is 0.863. The first-order valence-corrected chi connectivity index (χ1v) is 6.82. The molecule has 1 nitrogen and oxygen atoms in total. The Hall–Kier alpha value is -0.640. The van der Waals surface area contributed by atoms with Gasteiger partial charge in [-0.2, -0.15) is 0 Å². The molecule has 0 saturated heterocycles. The van der Waals surface area contributed by atoms with Crippen LogP contribution in [0.25, 0.3) is 0 Å². The molecule has 16 heavy (non-hydrogen) atoms. The summed E-state index contributed by atoms with van der Waals surface area (Å²) in [4.78, 5) is 1.29. The first-order valence-electron chi connectivity index (χ1n) is 5.15. The van der Waals surface area contributed by atoms with Crippen LogP contribution in [0.2, 0.25) is 0 Å². The molecule has 1 aromatic carbocycles. The van der Waals surface area contributed by atoms with E-state index in [4.69, 9.17) is 5.73 Å². The van der Waals surface area contributed by atoms with Gasteiger partial charge in [-0.15, -0.1) is 11.3 Å². The molecule has 2 aromatic rings. The van der Waals surface area contributed by atoms with E-state index in [0.717, 1.165) is 10.0 Å². The van der Waals surface area contributed by atoms with Crippen molar-refractivity contribution < 1.29 is 0 Å². The minimum atomic E-state index is -0.0405. The molecule has 0 aliphatic rings. The number of nitrogens with two attached hydrogens (primary N) is 1. The first kappa shape index (κ1) is 11.8. The van der Waals surface area contributed by atoms with Crippen molar-refractivity contribution in [2.45, 2.75) is 19.9 Å². The van der Waals surface area contributed by atoms with Crippen molar-refractivity contribution in [3.05, 3.63) is 55.7 Å². The Morgan fingerprint density at radius 2 is 1.94 bits per heavy atom. The lowest BCUT2D eigenvalue weighted by atomic mass is 9.99. The molecule has 3 heteroatoms. The zero-order valence-corrected chi connectivity index (χ0v) is 11.7. The molecule has 1 atom stereocenters. The number of thiophene rings is 1. The molecule has 1 aromatic heterocycles. The van der Waals surface area contributed by atoms with Crippen molar-refractivity contribution >= 4 is 27.3 Å². The fraction of sp³-hybridized carbons (Fsp3) is 0.231. The van der Waals surface area contributed by atoms with Crippen LogP contribution in [0, 0.1) is 13.8 Å². The van der Waals surface area contributed by atoms with Crippen LogP contribution >= 0.6 is 27.3 Å². The summed E-state index contributed by atoms with van der Waals surface area (Å²) in [5, 5.41) is 2.09. The van der Waals surface area contributed by atoms with Gasteiger partial charge in [0.2, 0.25) is 0 Å². The van der Waals surface area contributed by atoms with Crippen LogP contribution in [0.4, 0.5) is 0 Å². The molecule has 0 radical (unpaired) electrons. The highest BCUT2D eigenvalue weighted by molar-refractivity contribution is 9.10. The van der Waals surface area contributed by atoms with Gasteiger partial charge in [0.05, 0.1) is 6.04 Å². The summed E-state index contributed by atoms with van der Waals surface area (Å²) in [5.74, 6) is 0. The van der Waals surface area contributed by atoms with Crippen LogP contribution in [-0.4, -0.2) is 0 Å². The van der Waals surface area contributed by atoms with Gasteiger partial charge in [-0.25, -0.2) is 0 Å². The molecule has 0 aliphatic heterocycles. The topological polar surface area (TPSA) is 26.0 Å². The van der Waals surface area contributed by atoms with Crippen LogP contribution in [0.1, 0.15) is 27.6 Å². The maximum atomic E-state index is 6.29. The summed E-state index contributed by atoms with van der Waals surface area (Å²) in [6.07, 6.45) is 0. The second-order valence-corrected chi connectivity index (χ2v) is 5.91. The third-order valence-corrected chi connectivity index (χ3v) is 4.27. The van der Waals surface area contributed by atoms with Gasteiger partial charge in [0.15, 0.2) is 0 Å². The Bertz CT molecular complexity index is 504. The highest BCUT2D eigenvalue weighted by Gasteiger charge is 2.14. The van der Waals surface area contributed by atoms with E-state index < -0.39 is 0 Å². The zero-order valence-electron chi connectivity index (χ0n) is 9.33. The smallest absolute Gasteiger partial charge is 0.0573 e. The summed E-state index contributed by atoms with van der Waals surface area (Å²) in [7, 11) is 0. The van der Waals surface area contributed by atoms with Gasteiger partial charge in [0, 0.05) is 9.35 Å². The molecule has 2 rings (SSSR count). The second-order valence-electron chi connectivity index (χ2n) is 3.93. The normalized spacial score (nSPS) is 12.8. The van der Waals surface area contributed by atoms with Gasteiger partial charge >= 0.3 is 0 Å². The van der Waals surface area contributed by atoms with Crippen molar-refractivity contribution in [2.24, 2.45) is 5.73 Å². The minimum Gasteiger partial charge on any atom is -0.320 e. The maximum Gasteiger partial charge on any atom is 0.0573 e. The van der Waals surface area contributed by atoms with Gasteiger partial charge in [0.1, 0.15) is 0 Å². The Balaban J connectivity index is 2.41. The van der Waals surface area contributed by atoms with E-state index in [1.807, 2.05) is 0 Å². The van der Waals surface area contributed by atoms with Crippen molar-refractivity contribution in [3.63, 3.8) is 0 Å². The fourth-order valence-electron chi connectivity index (χ4n) is 1.77. The third-order valence-electron chi connectivity index (χ3n) is 2.73. The van der Waals surface area contributed by atoms with Crippen LogP contribution < -0.4 is 5.73 Å². The summed E-state index contributed by atoms with van der Waals surface area (Å²) < 4.78 is 1.09. The number of hydrogen-bond acceptors (Lipinski definition) is 2. The Labute approximate surface area is 108 Å². The molecule has 84 valence electrons. The van der Waals surface area contributed by atoms with Gasteiger partial charge in [0.25, 0.3) is 0 Å². The number of halogens is 1. The average Bonchev–Trinajstić information content (AvgIpc) is 2.63. The lowest BCUT2D eigenvalue weighted by Gasteiger charge is -2.14. The Morgan fingerprint density at radius 1 is 1.19 bits per heavy atom. The van der Waals surface area contributed by atoms with E-state index in [1.165, 1.54) is 16.0 Å². The van der Waals surface area contributed by atoms with Gasteiger partial charge in [-0.3, -0.25) is 0 Å². The predicted octanol–water partition coefficient (Wildman–Crippen LogP) is 4.18. The standard InChI is InChI=1S/C13H14BrNS/c1-8-3-4-11(12(14)7-8)13(15)10-5-6-16-9(10)2/h3-7,13H,15H2,1-2H3. The highest BCUT2D eigenvalue weighted by Crippen LogP contribution is 2.31. The van der Waals surface area contributed by atoms with Crippen LogP contribution in [0.15, 0.2) is 34.1 Å². The summed E-state index contributed by atoms with van der Waals surface area (Å²) in [6, 6.07) is 8.37. The monoisotopic (exact) mass is 295 g/mol. The van der Waals surface area contributed by atoms with Gasteiger partial charge < -0.3 is 5.73 Å². The molecule has 2 N–H and O–H groups in total. The summed E-state index contributed by atoms with van der Waals surface area (Å²) >= 11 is 5.32. The Morgan fingerprint density at radius 3 is 2.50 bits per heavy atom. The molecule has 0 bridgehead atoms. The molecule has 0 amide bonds. The van der Waals surface area contributed by atoms with E-state index in [0.29, 0.717) is 0 Å². The largest absolute Gasteiger partial charge is 0.320 e. The van der Waals surface area contributed by atoms with Crippen LogP contribution in [0.5, 0.6) is 0 Å². The molecule has 0 aliphatic carbocycles. The van der Waals surface area contributed by atoms with Crippen LogP contribution in [0.3, 0.4) is 0 Å². The SMILES string of the molecule is Cc1ccc(C(N)c2ccsc2C)c(Br)c1. The van der Waals surface area contributed by atoms with Crippen molar-refractivity contribution in [1.82, 2.24) is 0 Å². The maximum absolute atomic E-state index is 6.29. The number of rotatable bonds is 2. The molecule has 0 fully saturated rings. The van der Waals surface area contributed by atoms with Gasteiger partial charge in [-0.05, 0) is 48.1 Å². The van der Waals surface area contributed by atoms with E-state index in [2.05, 4.69) is 59.4 Å². The average molecular weight is 296 g/mol. The molecular formula is C13H14BrNS. The van der Waals surface area contributed by atoms with E-state index in [-0.39, 0.29) is 6.04 Å². The van der Waals surface area contributed by atoms with E-state index in [9.17, 15) is 0 Å². The Kier molecular flexibility index (Phi) is 3.47. The third kappa shape index (κ3) is 2.21. The van der Waals surface area contributed by atoms with Crippen molar-refractivity contribution in [2.75, 3.05) is 0 Å². The van der Waals surface area contributed by atoms with Gasteiger partial charge in [-0.1, -0.05) is 28.1 Å². The van der Waals surface area contributed by atoms with E-state index >= 15 is 0 Å².